The Bertz CT molecular complexity index is 1170. The van der Waals surface area contributed by atoms with E-state index in [9.17, 15) is 9.18 Å². The second-order valence-corrected chi connectivity index (χ2v) is 6.41. The van der Waals surface area contributed by atoms with Crippen molar-refractivity contribution in [2.45, 2.75) is 6.54 Å². The summed E-state index contributed by atoms with van der Waals surface area (Å²) in [6.07, 6.45) is 0. The van der Waals surface area contributed by atoms with Crippen LogP contribution in [0.4, 0.5) is 4.39 Å². The smallest absolute Gasteiger partial charge is 0.267 e. The molecule has 5 nitrogen and oxygen atoms in total. The van der Waals surface area contributed by atoms with Gasteiger partial charge in [-0.05, 0) is 29.8 Å². The summed E-state index contributed by atoms with van der Waals surface area (Å²) in [5.41, 5.74) is 8.81. The van der Waals surface area contributed by atoms with E-state index < -0.39 is 11.7 Å². The number of amides is 1. The molecule has 4 rings (SSSR count). The Morgan fingerprint density at radius 1 is 1.11 bits per heavy atom. The van der Waals surface area contributed by atoms with E-state index in [0.717, 1.165) is 16.6 Å². The maximum atomic E-state index is 14.4. The van der Waals surface area contributed by atoms with Gasteiger partial charge in [0.2, 0.25) is 0 Å². The fourth-order valence-electron chi connectivity index (χ4n) is 3.30. The number of ether oxygens (including phenoxy) is 1. The Kier molecular flexibility index (Phi) is 4.53. The number of carbonyl (C=O) groups excluding carboxylic acids is 1. The summed E-state index contributed by atoms with van der Waals surface area (Å²) in [4.78, 5) is 15.8. The molecule has 0 unspecified atom stereocenters. The third kappa shape index (κ3) is 3.20. The van der Waals surface area contributed by atoms with Gasteiger partial charge in [-0.25, -0.2) is 9.37 Å². The maximum absolute atomic E-state index is 14.4. The minimum atomic E-state index is -0.585. The van der Waals surface area contributed by atoms with Crippen LogP contribution in [0.2, 0.25) is 0 Å². The van der Waals surface area contributed by atoms with Crippen molar-refractivity contribution in [3.8, 4) is 17.0 Å². The van der Waals surface area contributed by atoms with Crippen LogP contribution >= 0.6 is 0 Å². The first-order valence-electron chi connectivity index (χ1n) is 8.75. The second-order valence-electron chi connectivity index (χ2n) is 6.41. The first-order valence-corrected chi connectivity index (χ1v) is 8.75. The van der Waals surface area contributed by atoms with Gasteiger partial charge in [0.05, 0.1) is 24.9 Å². The minimum Gasteiger partial charge on any atom is -0.494 e. The molecule has 0 radical (unpaired) electrons. The Morgan fingerprint density at radius 2 is 1.89 bits per heavy atom. The molecule has 2 aromatic carbocycles. The molecule has 1 amide bonds. The van der Waals surface area contributed by atoms with E-state index in [-0.39, 0.29) is 11.4 Å². The molecule has 0 spiro atoms. The summed E-state index contributed by atoms with van der Waals surface area (Å²) < 4.78 is 21.5. The van der Waals surface area contributed by atoms with Gasteiger partial charge in [0, 0.05) is 17.1 Å². The van der Waals surface area contributed by atoms with Crippen LogP contribution < -0.4 is 10.5 Å². The molecular weight excluding hydrogens is 357 g/mol. The molecular formula is C22H18FN3O2. The normalized spacial score (nSPS) is 10.9. The number of aromatic nitrogens is 2. The van der Waals surface area contributed by atoms with Crippen LogP contribution in [0, 0.1) is 5.82 Å². The molecule has 0 saturated heterocycles. The van der Waals surface area contributed by atoms with Gasteiger partial charge in [-0.2, -0.15) is 0 Å². The zero-order valence-electron chi connectivity index (χ0n) is 15.2. The Labute approximate surface area is 161 Å². The molecule has 140 valence electrons. The number of primary amides is 1. The number of rotatable bonds is 5. The maximum Gasteiger partial charge on any atom is 0.267 e. The number of carbonyl (C=O) groups is 1. The molecule has 0 aliphatic heterocycles. The van der Waals surface area contributed by atoms with Crippen molar-refractivity contribution in [2.24, 2.45) is 5.73 Å². The molecule has 0 saturated carbocycles. The zero-order chi connectivity index (χ0) is 19.7. The highest BCUT2D eigenvalue weighted by molar-refractivity contribution is 5.91. The topological polar surface area (TPSA) is 70.1 Å². The monoisotopic (exact) mass is 375 g/mol. The van der Waals surface area contributed by atoms with Crippen molar-refractivity contribution >= 4 is 16.8 Å². The number of nitrogens with zero attached hydrogens (tertiary/aromatic N) is 2. The highest BCUT2D eigenvalue weighted by atomic mass is 19.1. The summed E-state index contributed by atoms with van der Waals surface area (Å²) >= 11 is 0. The van der Waals surface area contributed by atoms with Crippen LogP contribution in [0.5, 0.6) is 5.75 Å². The molecule has 0 aliphatic carbocycles. The van der Waals surface area contributed by atoms with Crippen molar-refractivity contribution < 1.29 is 13.9 Å². The average molecular weight is 375 g/mol. The molecule has 2 N–H and O–H groups in total. The molecule has 2 aromatic heterocycles. The summed E-state index contributed by atoms with van der Waals surface area (Å²) in [5.74, 6) is -0.829. The fourth-order valence-corrected chi connectivity index (χ4v) is 3.30. The van der Waals surface area contributed by atoms with Crippen LogP contribution in [0.25, 0.3) is 22.2 Å². The number of fused-ring (bicyclic) bond motifs is 1. The van der Waals surface area contributed by atoms with Crippen molar-refractivity contribution in [3.63, 3.8) is 0 Å². The molecule has 0 bridgehead atoms. The van der Waals surface area contributed by atoms with E-state index in [1.807, 2.05) is 47.0 Å². The van der Waals surface area contributed by atoms with Gasteiger partial charge < -0.3 is 15.0 Å². The number of nitrogens with two attached hydrogens (primary N) is 1. The molecule has 0 atom stereocenters. The second kappa shape index (κ2) is 7.15. The van der Waals surface area contributed by atoms with Gasteiger partial charge in [-0.3, -0.25) is 4.79 Å². The minimum absolute atomic E-state index is 0.193. The van der Waals surface area contributed by atoms with Crippen molar-refractivity contribution in [3.05, 3.63) is 83.9 Å². The first kappa shape index (κ1) is 17.7. The van der Waals surface area contributed by atoms with Crippen molar-refractivity contribution in [1.29, 1.82) is 0 Å². The number of pyridine rings is 1. The van der Waals surface area contributed by atoms with E-state index in [0.29, 0.717) is 17.8 Å². The van der Waals surface area contributed by atoms with E-state index in [2.05, 4.69) is 4.98 Å². The number of halogens is 1. The zero-order valence-corrected chi connectivity index (χ0v) is 15.2. The first-order chi connectivity index (χ1) is 13.6. The van der Waals surface area contributed by atoms with Crippen molar-refractivity contribution in [2.75, 3.05) is 7.11 Å². The fraction of sp³-hybridized carbons (Fsp3) is 0.0909. The standard InChI is InChI=1S/C22H18FN3O2/c1-28-21-11-15-10-19(14-6-3-2-4-7-14)26(20(15)12-17(21)23)13-16-8-5-9-18(25-16)22(24)27/h2-12H,13H2,1H3,(H2,24,27). The van der Waals surface area contributed by atoms with Crippen LogP contribution in [0.1, 0.15) is 16.2 Å². The average Bonchev–Trinajstić information content (AvgIpc) is 3.05. The van der Waals surface area contributed by atoms with Crippen LogP contribution in [-0.4, -0.2) is 22.6 Å². The molecule has 28 heavy (non-hydrogen) atoms. The van der Waals surface area contributed by atoms with Gasteiger partial charge in [-0.1, -0.05) is 36.4 Å². The molecule has 2 heterocycles. The van der Waals surface area contributed by atoms with E-state index in [1.165, 1.54) is 13.2 Å². The lowest BCUT2D eigenvalue weighted by Gasteiger charge is -2.12. The highest BCUT2D eigenvalue weighted by Gasteiger charge is 2.15. The largest absolute Gasteiger partial charge is 0.494 e. The number of benzene rings is 2. The molecule has 4 aromatic rings. The van der Waals surface area contributed by atoms with Crippen LogP contribution in [0.15, 0.2) is 66.7 Å². The predicted octanol–water partition coefficient (Wildman–Crippen LogP) is 4.00. The third-order valence-corrected chi connectivity index (χ3v) is 4.62. The Morgan fingerprint density at radius 3 is 2.61 bits per heavy atom. The lowest BCUT2D eigenvalue weighted by molar-refractivity contribution is 0.0995. The summed E-state index contributed by atoms with van der Waals surface area (Å²) in [7, 11) is 1.44. The highest BCUT2D eigenvalue weighted by Crippen LogP contribution is 2.32. The van der Waals surface area contributed by atoms with Gasteiger partial charge in [0.1, 0.15) is 5.69 Å². The van der Waals surface area contributed by atoms with Gasteiger partial charge in [0.15, 0.2) is 11.6 Å². The van der Waals surface area contributed by atoms with Crippen LogP contribution in [0.3, 0.4) is 0 Å². The Hall–Kier alpha value is -3.67. The summed E-state index contributed by atoms with van der Waals surface area (Å²) in [6.45, 7) is 0.362. The summed E-state index contributed by atoms with van der Waals surface area (Å²) in [5, 5.41) is 0.850. The lowest BCUT2D eigenvalue weighted by atomic mass is 10.1. The Balaban J connectivity index is 1.90. The number of methoxy groups -OCH3 is 1. The van der Waals surface area contributed by atoms with E-state index in [4.69, 9.17) is 10.5 Å². The van der Waals surface area contributed by atoms with E-state index >= 15 is 0 Å². The molecule has 0 aliphatic rings. The lowest BCUT2D eigenvalue weighted by Crippen LogP contribution is -2.14. The SMILES string of the molecule is COc1cc2cc(-c3ccccc3)n(Cc3cccc(C(N)=O)n3)c2cc1F. The number of hydrogen-bond acceptors (Lipinski definition) is 3. The van der Waals surface area contributed by atoms with Crippen LogP contribution in [-0.2, 0) is 6.54 Å². The quantitative estimate of drug-likeness (QED) is 0.573. The molecule has 0 fully saturated rings. The van der Waals surface area contributed by atoms with Gasteiger partial charge in [-0.15, -0.1) is 0 Å². The molecule has 6 heteroatoms. The van der Waals surface area contributed by atoms with Gasteiger partial charge >= 0.3 is 0 Å². The summed E-state index contributed by atoms with van der Waals surface area (Å²) in [6, 6.07) is 20.1. The van der Waals surface area contributed by atoms with Gasteiger partial charge in [0.25, 0.3) is 5.91 Å². The third-order valence-electron chi connectivity index (χ3n) is 4.62. The van der Waals surface area contributed by atoms with E-state index in [1.54, 1.807) is 18.2 Å². The number of hydrogen-bond donors (Lipinski definition) is 1. The predicted molar refractivity (Wildman–Crippen MR) is 106 cm³/mol. The van der Waals surface area contributed by atoms with Crippen molar-refractivity contribution in [1.82, 2.24) is 9.55 Å².